The number of hydrogen-bond acceptors (Lipinski definition) is 4. The molecule has 116 valence electrons. The van der Waals surface area contributed by atoms with Crippen molar-refractivity contribution in [2.75, 3.05) is 0 Å². The molecule has 0 fully saturated rings. The molecule has 0 amide bonds. The number of nitrogens with zero attached hydrogens (tertiary/aromatic N) is 2. The number of halogens is 1. The Labute approximate surface area is 137 Å². The van der Waals surface area contributed by atoms with Crippen LogP contribution in [0.4, 0.5) is 0 Å². The maximum absolute atomic E-state index is 12.1. The van der Waals surface area contributed by atoms with E-state index in [1.165, 1.54) is 16.5 Å². The molecule has 23 heavy (non-hydrogen) atoms. The van der Waals surface area contributed by atoms with Crippen molar-refractivity contribution in [3.8, 4) is 0 Å². The van der Waals surface area contributed by atoms with Crippen LogP contribution in [-0.2, 0) is 11.3 Å². The van der Waals surface area contributed by atoms with E-state index in [0.717, 1.165) is 5.56 Å². The van der Waals surface area contributed by atoms with E-state index in [1.807, 2.05) is 13.0 Å². The number of pyridine rings is 1. The lowest BCUT2D eigenvalue weighted by atomic mass is 10.2. The maximum Gasteiger partial charge on any atom is 0.338 e. The van der Waals surface area contributed by atoms with Gasteiger partial charge >= 0.3 is 5.97 Å². The molecule has 0 atom stereocenters. The maximum atomic E-state index is 12.1. The number of aromatic nitrogens is 2. The van der Waals surface area contributed by atoms with Crippen LogP contribution in [0.15, 0.2) is 53.5 Å². The Bertz CT molecular complexity index is 950. The van der Waals surface area contributed by atoms with Crippen molar-refractivity contribution in [1.29, 1.82) is 0 Å². The summed E-state index contributed by atoms with van der Waals surface area (Å²) in [4.78, 5) is 28.4. The van der Waals surface area contributed by atoms with Crippen LogP contribution in [0, 0.1) is 6.92 Å². The quantitative estimate of drug-likeness (QED) is 0.693. The van der Waals surface area contributed by atoms with Gasteiger partial charge in [-0.1, -0.05) is 23.7 Å². The monoisotopic (exact) mass is 328 g/mol. The lowest BCUT2D eigenvalue weighted by Gasteiger charge is -2.07. The van der Waals surface area contributed by atoms with E-state index in [1.54, 1.807) is 30.5 Å². The molecule has 0 aliphatic carbocycles. The van der Waals surface area contributed by atoms with E-state index in [0.29, 0.717) is 21.9 Å². The first-order chi connectivity index (χ1) is 11.0. The molecular weight excluding hydrogens is 316 g/mol. The number of ether oxygens (including phenoxy) is 1. The SMILES string of the molecule is Cc1ccc2nc(COC(=O)c3cccc(Cl)c3)cc(=O)n2c1. The number of carbonyl (C=O) groups excluding carboxylic acids is 1. The van der Waals surface area contributed by atoms with Crippen LogP contribution in [0.3, 0.4) is 0 Å². The van der Waals surface area contributed by atoms with E-state index in [4.69, 9.17) is 16.3 Å². The first kappa shape index (κ1) is 15.2. The van der Waals surface area contributed by atoms with Crippen molar-refractivity contribution >= 4 is 23.2 Å². The van der Waals surface area contributed by atoms with Gasteiger partial charge in [0.1, 0.15) is 12.3 Å². The molecule has 3 aromatic rings. The van der Waals surface area contributed by atoms with Crippen LogP contribution >= 0.6 is 11.6 Å². The van der Waals surface area contributed by atoms with E-state index < -0.39 is 5.97 Å². The molecule has 0 bridgehead atoms. The highest BCUT2D eigenvalue weighted by Crippen LogP contribution is 2.12. The third-order valence-electron chi connectivity index (χ3n) is 3.27. The molecule has 1 aromatic carbocycles. The first-order valence-corrected chi connectivity index (χ1v) is 7.32. The highest BCUT2D eigenvalue weighted by atomic mass is 35.5. The summed E-state index contributed by atoms with van der Waals surface area (Å²) in [5.41, 5.74) is 2.01. The number of rotatable bonds is 3. The average molecular weight is 329 g/mol. The van der Waals surface area contributed by atoms with Gasteiger partial charge in [0.25, 0.3) is 5.56 Å². The smallest absolute Gasteiger partial charge is 0.338 e. The van der Waals surface area contributed by atoms with Gasteiger partial charge in [-0.05, 0) is 36.8 Å². The fraction of sp³-hybridized carbons (Fsp3) is 0.118. The number of fused-ring (bicyclic) bond motifs is 1. The fourth-order valence-electron chi connectivity index (χ4n) is 2.17. The summed E-state index contributed by atoms with van der Waals surface area (Å²) in [5, 5.41) is 0.455. The summed E-state index contributed by atoms with van der Waals surface area (Å²) in [6, 6.07) is 11.4. The minimum Gasteiger partial charge on any atom is -0.456 e. The van der Waals surface area contributed by atoms with Gasteiger partial charge in [-0.2, -0.15) is 0 Å². The van der Waals surface area contributed by atoms with Gasteiger partial charge in [-0.25, -0.2) is 9.78 Å². The average Bonchev–Trinajstić information content (AvgIpc) is 2.53. The Morgan fingerprint density at radius 1 is 1.26 bits per heavy atom. The summed E-state index contributed by atoms with van der Waals surface area (Å²) < 4.78 is 6.64. The zero-order valence-corrected chi connectivity index (χ0v) is 13.1. The van der Waals surface area contributed by atoms with Gasteiger partial charge < -0.3 is 4.74 Å². The molecule has 0 aliphatic heterocycles. The largest absolute Gasteiger partial charge is 0.456 e. The Morgan fingerprint density at radius 3 is 2.87 bits per heavy atom. The van der Waals surface area contributed by atoms with Gasteiger partial charge in [0, 0.05) is 17.3 Å². The van der Waals surface area contributed by atoms with E-state index in [-0.39, 0.29) is 12.2 Å². The lowest BCUT2D eigenvalue weighted by molar-refractivity contribution is 0.0467. The first-order valence-electron chi connectivity index (χ1n) is 6.94. The standard InChI is InChI=1S/C17H13ClN2O3/c1-11-5-6-15-19-14(8-16(21)20(15)9-11)10-23-17(22)12-3-2-4-13(18)7-12/h2-9H,10H2,1H3. The minimum absolute atomic E-state index is 0.0784. The van der Waals surface area contributed by atoms with Gasteiger partial charge in [0.2, 0.25) is 0 Å². The topological polar surface area (TPSA) is 60.7 Å². The normalized spacial score (nSPS) is 10.7. The molecule has 3 rings (SSSR count). The zero-order valence-electron chi connectivity index (χ0n) is 12.3. The second kappa shape index (κ2) is 6.22. The molecular formula is C17H13ClN2O3. The van der Waals surface area contributed by atoms with Crippen molar-refractivity contribution in [1.82, 2.24) is 9.38 Å². The van der Waals surface area contributed by atoms with E-state index in [9.17, 15) is 9.59 Å². The number of hydrogen-bond donors (Lipinski definition) is 0. The van der Waals surface area contributed by atoms with Crippen molar-refractivity contribution < 1.29 is 9.53 Å². The summed E-state index contributed by atoms with van der Waals surface area (Å²) in [5.74, 6) is -0.515. The molecule has 2 aromatic heterocycles. The van der Waals surface area contributed by atoms with Crippen LogP contribution in [-0.4, -0.2) is 15.4 Å². The van der Waals surface area contributed by atoms with Crippen molar-refractivity contribution in [2.45, 2.75) is 13.5 Å². The summed E-state index contributed by atoms with van der Waals surface area (Å²) >= 11 is 5.84. The lowest BCUT2D eigenvalue weighted by Crippen LogP contribution is -2.16. The summed E-state index contributed by atoms with van der Waals surface area (Å²) in [6.07, 6.45) is 1.71. The minimum atomic E-state index is -0.515. The molecule has 0 radical (unpaired) electrons. The molecule has 6 heteroatoms. The van der Waals surface area contributed by atoms with Crippen LogP contribution in [0.2, 0.25) is 5.02 Å². The Balaban J connectivity index is 1.81. The number of carbonyl (C=O) groups is 1. The third kappa shape index (κ3) is 3.40. The Hall–Kier alpha value is -2.66. The highest BCUT2D eigenvalue weighted by Gasteiger charge is 2.09. The number of aryl methyl sites for hydroxylation is 1. The highest BCUT2D eigenvalue weighted by molar-refractivity contribution is 6.30. The number of esters is 1. The predicted octanol–water partition coefficient (Wildman–Crippen LogP) is 3.01. The second-order valence-corrected chi connectivity index (χ2v) is 5.54. The Kier molecular flexibility index (Phi) is 4.12. The third-order valence-corrected chi connectivity index (χ3v) is 3.51. The van der Waals surface area contributed by atoms with Crippen molar-refractivity contribution in [2.24, 2.45) is 0 Å². The fourth-order valence-corrected chi connectivity index (χ4v) is 2.36. The van der Waals surface area contributed by atoms with Crippen molar-refractivity contribution in [3.05, 3.63) is 80.9 Å². The van der Waals surface area contributed by atoms with Gasteiger partial charge in [-0.3, -0.25) is 9.20 Å². The van der Waals surface area contributed by atoms with Gasteiger partial charge in [0.15, 0.2) is 0 Å². The van der Waals surface area contributed by atoms with Gasteiger partial charge in [-0.15, -0.1) is 0 Å². The zero-order chi connectivity index (χ0) is 16.4. The van der Waals surface area contributed by atoms with Crippen LogP contribution in [0.5, 0.6) is 0 Å². The molecule has 2 heterocycles. The summed E-state index contributed by atoms with van der Waals surface area (Å²) in [6.45, 7) is 1.82. The summed E-state index contributed by atoms with van der Waals surface area (Å²) in [7, 11) is 0. The molecule has 0 N–H and O–H groups in total. The molecule has 5 nitrogen and oxygen atoms in total. The van der Waals surface area contributed by atoms with Crippen LogP contribution in [0.1, 0.15) is 21.6 Å². The van der Waals surface area contributed by atoms with Crippen LogP contribution < -0.4 is 5.56 Å². The number of benzene rings is 1. The predicted molar refractivity (Wildman–Crippen MR) is 86.8 cm³/mol. The van der Waals surface area contributed by atoms with Crippen LogP contribution in [0.25, 0.3) is 5.65 Å². The molecule has 0 spiro atoms. The van der Waals surface area contributed by atoms with Gasteiger partial charge in [0.05, 0.1) is 11.3 Å². The van der Waals surface area contributed by atoms with E-state index >= 15 is 0 Å². The van der Waals surface area contributed by atoms with E-state index in [2.05, 4.69) is 4.98 Å². The molecule has 0 aliphatic rings. The molecule has 0 saturated carbocycles. The van der Waals surface area contributed by atoms with Crippen molar-refractivity contribution in [3.63, 3.8) is 0 Å². The molecule has 0 unspecified atom stereocenters. The Morgan fingerprint density at radius 2 is 2.09 bits per heavy atom. The molecule has 0 saturated heterocycles. The second-order valence-electron chi connectivity index (χ2n) is 5.11.